The number of benzene rings is 1. The SMILES string of the molecule is CC(C)c1noc(COC(=O)c2cc(S(=O)(=O)N(C)C)ccc2N2CCCCC2)n1. The molecule has 1 aromatic heterocycles. The van der Waals surface area contributed by atoms with E-state index in [2.05, 4.69) is 15.0 Å². The van der Waals surface area contributed by atoms with Crippen LogP contribution in [0.4, 0.5) is 5.69 Å². The minimum atomic E-state index is -3.69. The zero-order valence-corrected chi connectivity index (χ0v) is 18.6. The van der Waals surface area contributed by atoms with Crippen LogP contribution in [0.5, 0.6) is 0 Å². The highest BCUT2D eigenvalue weighted by Crippen LogP contribution is 2.28. The van der Waals surface area contributed by atoms with Crippen LogP contribution in [0.1, 0.15) is 61.1 Å². The molecule has 0 aliphatic carbocycles. The maximum atomic E-state index is 12.9. The first-order chi connectivity index (χ1) is 14.2. The quantitative estimate of drug-likeness (QED) is 0.610. The van der Waals surface area contributed by atoms with Crippen LogP contribution in [0, 0.1) is 0 Å². The molecule has 30 heavy (non-hydrogen) atoms. The summed E-state index contributed by atoms with van der Waals surface area (Å²) in [6.07, 6.45) is 3.18. The molecule has 1 aliphatic heterocycles. The van der Waals surface area contributed by atoms with Crippen LogP contribution in [0.2, 0.25) is 0 Å². The van der Waals surface area contributed by atoms with E-state index in [-0.39, 0.29) is 28.9 Å². The normalized spacial score (nSPS) is 15.1. The Balaban J connectivity index is 1.88. The minimum Gasteiger partial charge on any atom is -0.452 e. The molecule has 1 saturated heterocycles. The fraction of sp³-hybridized carbons (Fsp3) is 0.550. The van der Waals surface area contributed by atoms with Gasteiger partial charge in [-0.05, 0) is 37.5 Å². The molecule has 2 aromatic rings. The van der Waals surface area contributed by atoms with Gasteiger partial charge in [-0.25, -0.2) is 17.5 Å². The molecular formula is C20H28N4O5S. The largest absolute Gasteiger partial charge is 0.452 e. The Labute approximate surface area is 177 Å². The molecule has 10 heteroatoms. The number of aromatic nitrogens is 2. The molecule has 1 aromatic carbocycles. The number of rotatable bonds is 7. The van der Waals surface area contributed by atoms with Gasteiger partial charge in [-0.15, -0.1) is 0 Å². The molecule has 0 spiro atoms. The Morgan fingerprint density at radius 1 is 1.23 bits per heavy atom. The Hall–Kier alpha value is -2.46. The van der Waals surface area contributed by atoms with Crippen LogP contribution < -0.4 is 4.90 Å². The Kier molecular flexibility index (Phi) is 6.77. The van der Waals surface area contributed by atoms with Gasteiger partial charge < -0.3 is 14.2 Å². The summed E-state index contributed by atoms with van der Waals surface area (Å²) < 4.78 is 36.8. The number of hydrogen-bond donors (Lipinski definition) is 0. The van der Waals surface area contributed by atoms with Crippen molar-refractivity contribution in [3.63, 3.8) is 0 Å². The molecule has 3 rings (SSSR count). The number of carbonyl (C=O) groups is 1. The summed E-state index contributed by atoms with van der Waals surface area (Å²) in [4.78, 5) is 19.3. The van der Waals surface area contributed by atoms with Gasteiger partial charge in [0, 0.05) is 33.1 Å². The maximum absolute atomic E-state index is 12.9. The molecule has 0 N–H and O–H groups in total. The van der Waals surface area contributed by atoms with E-state index in [9.17, 15) is 13.2 Å². The fourth-order valence-corrected chi connectivity index (χ4v) is 4.16. The van der Waals surface area contributed by atoms with Crippen molar-refractivity contribution in [2.45, 2.75) is 50.5 Å². The van der Waals surface area contributed by atoms with Gasteiger partial charge in [-0.2, -0.15) is 4.98 Å². The number of ether oxygens (including phenoxy) is 1. The average Bonchev–Trinajstić information content (AvgIpc) is 3.21. The average molecular weight is 437 g/mol. The van der Waals surface area contributed by atoms with E-state index < -0.39 is 16.0 Å². The van der Waals surface area contributed by atoms with Crippen molar-refractivity contribution >= 4 is 21.7 Å². The number of esters is 1. The van der Waals surface area contributed by atoms with Gasteiger partial charge in [0.15, 0.2) is 12.4 Å². The van der Waals surface area contributed by atoms with E-state index in [1.165, 1.54) is 26.2 Å². The molecule has 0 saturated carbocycles. The highest BCUT2D eigenvalue weighted by Gasteiger charge is 2.25. The van der Waals surface area contributed by atoms with Gasteiger partial charge in [-0.3, -0.25) is 0 Å². The molecular weight excluding hydrogens is 408 g/mol. The second-order valence-corrected chi connectivity index (χ2v) is 9.94. The van der Waals surface area contributed by atoms with Gasteiger partial charge in [0.1, 0.15) is 0 Å². The lowest BCUT2D eigenvalue weighted by Crippen LogP contribution is -2.31. The van der Waals surface area contributed by atoms with Crippen molar-refractivity contribution in [1.82, 2.24) is 14.4 Å². The third-order valence-electron chi connectivity index (χ3n) is 4.99. The lowest BCUT2D eigenvalue weighted by atomic mass is 10.1. The number of carbonyl (C=O) groups excluding carboxylic acids is 1. The van der Waals surface area contributed by atoms with Gasteiger partial charge in [0.25, 0.3) is 5.89 Å². The van der Waals surface area contributed by atoms with Crippen molar-refractivity contribution in [3.05, 3.63) is 35.5 Å². The highest BCUT2D eigenvalue weighted by atomic mass is 32.2. The van der Waals surface area contributed by atoms with Crippen LogP contribution in [0.15, 0.2) is 27.6 Å². The molecule has 0 unspecified atom stereocenters. The standard InChI is InChI=1S/C20H28N4O5S/c1-14(2)19-21-18(29-22-19)13-28-20(25)16-12-15(30(26,27)23(3)4)8-9-17(16)24-10-6-5-7-11-24/h8-9,12,14H,5-7,10-11,13H2,1-4H3. The Morgan fingerprint density at radius 2 is 1.93 bits per heavy atom. The maximum Gasteiger partial charge on any atom is 0.340 e. The zero-order chi connectivity index (χ0) is 21.9. The number of sulfonamides is 1. The predicted octanol–water partition coefficient (Wildman–Crippen LogP) is 2.79. The van der Waals surface area contributed by atoms with Gasteiger partial charge in [0.05, 0.1) is 16.1 Å². The highest BCUT2D eigenvalue weighted by molar-refractivity contribution is 7.89. The molecule has 1 aliphatic rings. The summed E-state index contributed by atoms with van der Waals surface area (Å²) in [7, 11) is -0.783. The lowest BCUT2D eigenvalue weighted by molar-refractivity contribution is 0.0430. The molecule has 0 radical (unpaired) electrons. The third-order valence-corrected chi connectivity index (χ3v) is 6.80. The van der Waals surface area contributed by atoms with E-state index in [1.807, 2.05) is 13.8 Å². The van der Waals surface area contributed by atoms with Crippen molar-refractivity contribution < 1.29 is 22.5 Å². The topological polar surface area (TPSA) is 106 Å². The molecule has 164 valence electrons. The van der Waals surface area contributed by atoms with Crippen molar-refractivity contribution in [3.8, 4) is 0 Å². The first-order valence-electron chi connectivity index (χ1n) is 10.0. The monoisotopic (exact) mass is 436 g/mol. The Morgan fingerprint density at radius 3 is 2.53 bits per heavy atom. The number of piperidine rings is 1. The second-order valence-electron chi connectivity index (χ2n) is 7.79. The number of nitrogens with zero attached hydrogens (tertiary/aromatic N) is 4. The van der Waals surface area contributed by atoms with Crippen LogP contribution in [-0.2, 0) is 21.4 Å². The molecule has 0 amide bonds. The molecule has 9 nitrogen and oxygen atoms in total. The fourth-order valence-electron chi connectivity index (χ4n) is 3.23. The lowest BCUT2D eigenvalue weighted by Gasteiger charge is -2.30. The first kappa shape index (κ1) is 22.2. The van der Waals surface area contributed by atoms with E-state index in [0.717, 1.165) is 36.7 Å². The molecule has 0 atom stereocenters. The van der Waals surface area contributed by atoms with Crippen molar-refractivity contribution in [2.24, 2.45) is 0 Å². The van der Waals surface area contributed by atoms with E-state index >= 15 is 0 Å². The van der Waals surface area contributed by atoms with E-state index in [1.54, 1.807) is 6.07 Å². The summed E-state index contributed by atoms with van der Waals surface area (Å²) in [5, 5.41) is 3.85. The minimum absolute atomic E-state index is 0.0418. The van der Waals surface area contributed by atoms with E-state index in [4.69, 9.17) is 9.26 Å². The van der Waals surface area contributed by atoms with Gasteiger partial charge >= 0.3 is 5.97 Å². The summed E-state index contributed by atoms with van der Waals surface area (Å²) >= 11 is 0. The number of hydrogen-bond acceptors (Lipinski definition) is 8. The van der Waals surface area contributed by atoms with Gasteiger partial charge in [0.2, 0.25) is 10.0 Å². The molecule has 0 bridgehead atoms. The summed E-state index contributed by atoms with van der Waals surface area (Å²) in [5.74, 6) is 0.199. The first-order valence-corrected chi connectivity index (χ1v) is 11.4. The predicted molar refractivity (Wildman–Crippen MR) is 111 cm³/mol. The zero-order valence-electron chi connectivity index (χ0n) is 17.8. The molecule has 1 fully saturated rings. The van der Waals surface area contributed by atoms with Gasteiger partial charge in [-0.1, -0.05) is 19.0 Å². The summed E-state index contributed by atoms with van der Waals surface area (Å²) in [6, 6.07) is 4.60. The second kappa shape index (κ2) is 9.13. The van der Waals surface area contributed by atoms with Crippen LogP contribution in [0.3, 0.4) is 0 Å². The third kappa shape index (κ3) is 4.81. The summed E-state index contributed by atoms with van der Waals surface area (Å²) in [5.41, 5.74) is 0.884. The van der Waals surface area contributed by atoms with Crippen molar-refractivity contribution in [1.29, 1.82) is 0 Å². The van der Waals surface area contributed by atoms with Crippen LogP contribution >= 0.6 is 0 Å². The molecule has 2 heterocycles. The van der Waals surface area contributed by atoms with E-state index in [0.29, 0.717) is 11.5 Å². The summed E-state index contributed by atoms with van der Waals surface area (Å²) in [6.45, 7) is 5.30. The van der Waals surface area contributed by atoms with Crippen LogP contribution in [-0.4, -0.2) is 56.0 Å². The number of anilines is 1. The van der Waals surface area contributed by atoms with Crippen LogP contribution in [0.25, 0.3) is 0 Å². The Bertz CT molecular complexity index is 994. The smallest absolute Gasteiger partial charge is 0.340 e. The van der Waals surface area contributed by atoms with Crippen molar-refractivity contribution in [2.75, 3.05) is 32.1 Å².